The van der Waals surface area contributed by atoms with Gasteiger partial charge in [-0.1, -0.05) is 39.0 Å². The third kappa shape index (κ3) is 3.79. The van der Waals surface area contributed by atoms with Gasteiger partial charge in [0.05, 0.1) is 0 Å². The van der Waals surface area contributed by atoms with E-state index in [0.29, 0.717) is 5.92 Å². The van der Waals surface area contributed by atoms with E-state index >= 15 is 0 Å². The summed E-state index contributed by atoms with van der Waals surface area (Å²) in [6.07, 6.45) is 7.66. The SMILES string of the molecule is CC(CCC(=O)[O-])C1CCCCC1. The van der Waals surface area contributed by atoms with Crippen molar-refractivity contribution >= 4 is 5.97 Å². The molecule has 2 nitrogen and oxygen atoms in total. The third-order valence-electron chi connectivity index (χ3n) is 3.26. The molecule has 0 aromatic rings. The molecule has 0 spiro atoms. The highest BCUT2D eigenvalue weighted by Gasteiger charge is 2.19. The first kappa shape index (κ1) is 10.6. The van der Waals surface area contributed by atoms with Crippen LogP contribution >= 0.6 is 0 Å². The molecule has 2 heteroatoms. The minimum Gasteiger partial charge on any atom is -0.550 e. The van der Waals surface area contributed by atoms with Crippen LogP contribution in [-0.4, -0.2) is 5.97 Å². The molecule has 1 aliphatic rings. The van der Waals surface area contributed by atoms with Crippen molar-refractivity contribution in [2.45, 2.75) is 51.9 Å². The summed E-state index contributed by atoms with van der Waals surface area (Å²) >= 11 is 0. The molecule has 0 bridgehead atoms. The Kier molecular flexibility index (Phi) is 4.26. The lowest BCUT2D eigenvalue weighted by molar-refractivity contribution is -0.306. The minimum absolute atomic E-state index is 0.234. The number of carboxylic acids is 1. The van der Waals surface area contributed by atoms with E-state index in [2.05, 4.69) is 6.92 Å². The van der Waals surface area contributed by atoms with Crippen LogP contribution in [0.15, 0.2) is 0 Å². The van der Waals surface area contributed by atoms with E-state index in [0.717, 1.165) is 12.3 Å². The van der Waals surface area contributed by atoms with Crippen LogP contribution in [0, 0.1) is 11.8 Å². The second kappa shape index (κ2) is 5.25. The molecular formula is C11H19O2-. The lowest BCUT2D eigenvalue weighted by atomic mass is 9.79. The second-order valence-corrected chi connectivity index (χ2v) is 4.29. The molecule has 0 radical (unpaired) electrons. The van der Waals surface area contributed by atoms with Crippen LogP contribution in [0.25, 0.3) is 0 Å². The van der Waals surface area contributed by atoms with Gasteiger partial charge in [-0.2, -0.15) is 0 Å². The average Bonchev–Trinajstić information content (AvgIpc) is 2.15. The molecule has 0 amide bonds. The molecule has 0 aromatic heterocycles. The number of carbonyl (C=O) groups is 1. The zero-order chi connectivity index (χ0) is 9.68. The maximum atomic E-state index is 10.3. The van der Waals surface area contributed by atoms with E-state index in [1.807, 2.05) is 0 Å². The topological polar surface area (TPSA) is 40.1 Å². The summed E-state index contributed by atoms with van der Waals surface area (Å²) in [7, 11) is 0. The van der Waals surface area contributed by atoms with Crippen LogP contribution in [0.4, 0.5) is 0 Å². The van der Waals surface area contributed by atoms with Crippen LogP contribution in [0.5, 0.6) is 0 Å². The van der Waals surface area contributed by atoms with Crippen molar-refractivity contribution in [1.82, 2.24) is 0 Å². The van der Waals surface area contributed by atoms with Gasteiger partial charge in [-0.15, -0.1) is 0 Å². The fraction of sp³-hybridized carbons (Fsp3) is 0.909. The molecule has 0 saturated heterocycles. The number of hydrogen-bond donors (Lipinski definition) is 0. The highest BCUT2D eigenvalue weighted by molar-refractivity contribution is 5.64. The van der Waals surface area contributed by atoms with Gasteiger partial charge in [0.2, 0.25) is 0 Å². The maximum Gasteiger partial charge on any atom is 0.0414 e. The predicted octanol–water partition coefficient (Wildman–Crippen LogP) is 1.73. The Morgan fingerprint density at radius 1 is 1.38 bits per heavy atom. The summed E-state index contributed by atoms with van der Waals surface area (Å²) in [5.41, 5.74) is 0. The van der Waals surface area contributed by atoms with Crippen molar-refractivity contribution in [3.8, 4) is 0 Å². The van der Waals surface area contributed by atoms with Gasteiger partial charge in [0, 0.05) is 5.97 Å². The third-order valence-corrected chi connectivity index (χ3v) is 3.26. The normalized spacial score (nSPS) is 21.3. The first-order valence-electron chi connectivity index (χ1n) is 5.40. The predicted molar refractivity (Wildman–Crippen MR) is 50.0 cm³/mol. The van der Waals surface area contributed by atoms with Gasteiger partial charge in [-0.05, 0) is 24.7 Å². The molecular weight excluding hydrogens is 164 g/mol. The van der Waals surface area contributed by atoms with Gasteiger partial charge in [0.1, 0.15) is 0 Å². The Morgan fingerprint density at radius 3 is 2.54 bits per heavy atom. The summed E-state index contributed by atoms with van der Waals surface area (Å²) < 4.78 is 0. The van der Waals surface area contributed by atoms with Crippen molar-refractivity contribution in [3.05, 3.63) is 0 Å². The number of hydrogen-bond acceptors (Lipinski definition) is 2. The standard InChI is InChI=1S/C11H20O2/c1-9(7-8-11(12)13)10-5-3-2-4-6-10/h9-10H,2-8H2,1H3,(H,12,13)/p-1. The summed E-state index contributed by atoms with van der Waals surface area (Å²) in [6.45, 7) is 2.18. The van der Waals surface area contributed by atoms with Gasteiger partial charge in [0.15, 0.2) is 0 Å². The van der Waals surface area contributed by atoms with Crippen molar-refractivity contribution in [2.24, 2.45) is 11.8 Å². The van der Waals surface area contributed by atoms with Crippen molar-refractivity contribution in [1.29, 1.82) is 0 Å². The van der Waals surface area contributed by atoms with Crippen LogP contribution < -0.4 is 5.11 Å². The molecule has 1 saturated carbocycles. The quantitative estimate of drug-likeness (QED) is 0.666. The Hall–Kier alpha value is -0.530. The summed E-state index contributed by atoms with van der Waals surface area (Å²) in [4.78, 5) is 10.3. The van der Waals surface area contributed by atoms with E-state index < -0.39 is 5.97 Å². The van der Waals surface area contributed by atoms with E-state index in [1.165, 1.54) is 32.1 Å². The van der Waals surface area contributed by atoms with Crippen molar-refractivity contribution < 1.29 is 9.90 Å². The Balaban J connectivity index is 2.20. The molecule has 0 heterocycles. The van der Waals surface area contributed by atoms with Crippen LogP contribution in [0.1, 0.15) is 51.9 Å². The van der Waals surface area contributed by atoms with E-state index in [-0.39, 0.29) is 6.42 Å². The van der Waals surface area contributed by atoms with E-state index in [9.17, 15) is 9.90 Å². The molecule has 1 unspecified atom stereocenters. The number of carbonyl (C=O) groups excluding carboxylic acids is 1. The van der Waals surface area contributed by atoms with Gasteiger partial charge in [-0.25, -0.2) is 0 Å². The summed E-state index contributed by atoms with van der Waals surface area (Å²) in [5, 5.41) is 10.3. The zero-order valence-electron chi connectivity index (χ0n) is 8.42. The molecule has 0 aliphatic heterocycles. The van der Waals surface area contributed by atoms with Crippen LogP contribution in [0.3, 0.4) is 0 Å². The molecule has 1 rings (SSSR count). The first-order valence-corrected chi connectivity index (χ1v) is 5.40. The lowest BCUT2D eigenvalue weighted by Crippen LogP contribution is -2.24. The molecule has 76 valence electrons. The largest absolute Gasteiger partial charge is 0.550 e. The van der Waals surface area contributed by atoms with Gasteiger partial charge in [0.25, 0.3) is 0 Å². The van der Waals surface area contributed by atoms with E-state index in [1.54, 1.807) is 0 Å². The molecule has 0 aromatic carbocycles. The van der Waals surface area contributed by atoms with Crippen LogP contribution in [-0.2, 0) is 4.79 Å². The van der Waals surface area contributed by atoms with Gasteiger partial charge < -0.3 is 9.90 Å². The second-order valence-electron chi connectivity index (χ2n) is 4.29. The average molecular weight is 183 g/mol. The first-order chi connectivity index (χ1) is 6.20. The highest BCUT2D eigenvalue weighted by Crippen LogP contribution is 2.31. The highest BCUT2D eigenvalue weighted by atomic mass is 16.4. The maximum absolute atomic E-state index is 10.3. The van der Waals surface area contributed by atoms with Gasteiger partial charge in [-0.3, -0.25) is 0 Å². The summed E-state index contributed by atoms with van der Waals surface area (Å²) in [6, 6.07) is 0. The minimum atomic E-state index is -0.900. The zero-order valence-corrected chi connectivity index (χ0v) is 8.42. The fourth-order valence-electron chi connectivity index (χ4n) is 2.28. The molecule has 0 N–H and O–H groups in total. The Morgan fingerprint density at radius 2 is 2.00 bits per heavy atom. The monoisotopic (exact) mass is 183 g/mol. The van der Waals surface area contributed by atoms with Crippen LogP contribution in [0.2, 0.25) is 0 Å². The number of rotatable bonds is 4. The Labute approximate surface area is 80.3 Å². The molecule has 1 atom stereocenters. The lowest BCUT2D eigenvalue weighted by Gasteiger charge is -2.27. The van der Waals surface area contributed by atoms with Crippen molar-refractivity contribution in [2.75, 3.05) is 0 Å². The fourth-order valence-corrected chi connectivity index (χ4v) is 2.28. The summed E-state index contributed by atoms with van der Waals surface area (Å²) in [5.74, 6) is 0.439. The van der Waals surface area contributed by atoms with Crippen molar-refractivity contribution in [3.63, 3.8) is 0 Å². The van der Waals surface area contributed by atoms with Gasteiger partial charge >= 0.3 is 0 Å². The molecule has 13 heavy (non-hydrogen) atoms. The van der Waals surface area contributed by atoms with E-state index in [4.69, 9.17) is 0 Å². The molecule has 1 aliphatic carbocycles. The Bertz CT molecular complexity index is 159. The smallest absolute Gasteiger partial charge is 0.0414 e. The molecule has 1 fully saturated rings. The number of carboxylic acid groups (broad SMARTS) is 1. The number of aliphatic carboxylic acids is 1.